The van der Waals surface area contributed by atoms with E-state index in [1.54, 1.807) is 13.8 Å². The first-order valence-electron chi connectivity index (χ1n) is 10.6. The van der Waals surface area contributed by atoms with Crippen molar-refractivity contribution in [2.24, 2.45) is 0 Å². The maximum Gasteiger partial charge on any atom is 0.101 e. The molecule has 2 heterocycles. The number of nitrogens with zero attached hydrogens (tertiary/aromatic N) is 1. The van der Waals surface area contributed by atoms with E-state index in [1.165, 1.54) is 10.8 Å². The molecule has 3 nitrogen and oxygen atoms in total. The highest BCUT2D eigenvalue weighted by Gasteiger charge is 2.24. The van der Waals surface area contributed by atoms with Crippen molar-refractivity contribution in [2.45, 2.75) is 19.4 Å². The molecule has 0 atom stereocenters. The van der Waals surface area contributed by atoms with Gasteiger partial charge in [-0.15, -0.1) is 0 Å². The summed E-state index contributed by atoms with van der Waals surface area (Å²) in [6.07, 6.45) is 0. The average molecular weight is 402 g/mol. The van der Waals surface area contributed by atoms with Crippen LogP contribution < -0.4 is 0 Å². The van der Waals surface area contributed by atoms with Gasteiger partial charge in [-0.1, -0.05) is 66.7 Å². The van der Waals surface area contributed by atoms with Crippen LogP contribution in [0, 0.1) is 0 Å². The van der Waals surface area contributed by atoms with E-state index in [1.807, 2.05) is 18.2 Å². The van der Waals surface area contributed by atoms with Crippen molar-refractivity contribution in [3.8, 4) is 11.3 Å². The van der Waals surface area contributed by atoms with E-state index in [-0.39, 0.29) is 0 Å². The fourth-order valence-corrected chi connectivity index (χ4v) is 4.61. The van der Waals surface area contributed by atoms with Gasteiger partial charge in [0.25, 0.3) is 0 Å². The Kier molecular flexibility index (Phi) is 3.74. The number of hydrogen-bond donors (Lipinski definition) is 2. The molecule has 0 saturated heterocycles. The Labute approximate surface area is 180 Å². The average Bonchev–Trinajstić information content (AvgIpc) is 3.15. The Balaban J connectivity index is 1.87. The van der Waals surface area contributed by atoms with Gasteiger partial charge in [-0.3, -0.25) is 0 Å². The van der Waals surface area contributed by atoms with Crippen molar-refractivity contribution in [3.05, 3.63) is 90.6 Å². The monoisotopic (exact) mass is 402 g/mol. The van der Waals surface area contributed by atoms with Crippen LogP contribution in [0.25, 0.3) is 54.6 Å². The number of pyridine rings is 1. The normalized spacial score (nSPS) is 12.4. The fraction of sp³-hybridized carbons (Fsp3) is 0.107. The third kappa shape index (κ3) is 2.74. The standard InChI is InChI=1S/C28H22N2O/c1-28(2,31)24-16-22-21-13-7-8-14-23(21)29-26(22)27(30-24)25-19-11-5-3-9-17(19)15-18-10-4-6-12-20(18)25/h3-16,29,31H,1-2H3. The van der Waals surface area contributed by atoms with Crippen molar-refractivity contribution in [1.82, 2.24) is 9.97 Å². The number of rotatable bonds is 2. The van der Waals surface area contributed by atoms with Crippen LogP contribution in [0.15, 0.2) is 84.9 Å². The van der Waals surface area contributed by atoms with Gasteiger partial charge in [0.1, 0.15) is 5.60 Å². The first-order valence-corrected chi connectivity index (χ1v) is 10.6. The van der Waals surface area contributed by atoms with Crippen LogP contribution in [0.3, 0.4) is 0 Å². The zero-order chi connectivity index (χ0) is 21.2. The van der Waals surface area contributed by atoms with Crippen LogP contribution >= 0.6 is 0 Å². The summed E-state index contributed by atoms with van der Waals surface area (Å²) in [5.74, 6) is 0. The predicted octanol–water partition coefficient (Wildman–Crippen LogP) is 6.92. The predicted molar refractivity (Wildman–Crippen MR) is 129 cm³/mol. The van der Waals surface area contributed by atoms with E-state index in [9.17, 15) is 5.11 Å². The Morgan fingerprint density at radius 3 is 1.94 bits per heavy atom. The molecule has 0 fully saturated rings. The Hall–Kier alpha value is -3.69. The maximum absolute atomic E-state index is 10.9. The molecule has 0 aliphatic heterocycles. The second-order valence-corrected chi connectivity index (χ2v) is 8.70. The summed E-state index contributed by atoms with van der Waals surface area (Å²) >= 11 is 0. The van der Waals surface area contributed by atoms with Gasteiger partial charge in [-0.2, -0.15) is 0 Å². The highest BCUT2D eigenvalue weighted by molar-refractivity contribution is 6.18. The van der Waals surface area contributed by atoms with Crippen LogP contribution in [0.1, 0.15) is 19.5 Å². The van der Waals surface area contributed by atoms with E-state index < -0.39 is 5.60 Å². The van der Waals surface area contributed by atoms with E-state index >= 15 is 0 Å². The smallest absolute Gasteiger partial charge is 0.101 e. The molecule has 0 saturated carbocycles. The second kappa shape index (κ2) is 6.40. The maximum atomic E-state index is 10.9. The molecule has 3 heteroatoms. The lowest BCUT2D eigenvalue weighted by Crippen LogP contribution is -2.17. The molecule has 0 aliphatic carbocycles. The molecule has 0 spiro atoms. The molecule has 6 rings (SSSR count). The molecular formula is C28H22N2O. The second-order valence-electron chi connectivity index (χ2n) is 8.70. The van der Waals surface area contributed by atoms with Gasteiger partial charge >= 0.3 is 0 Å². The van der Waals surface area contributed by atoms with Crippen molar-refractivity contribution in [1.29, 1.82) is 0 Å². The molecule has 150 valence electrons. The fourth-order valence-electron chi connectivity index (χ4n) is 4.61. The molecule has 0 unspecified atom stereocenters. The molecule has 31 heavy (non-hydrogen) atoms. The summed E-state index contributed by atoms with van der Waals surface area (Å²) in [5.41, 5.74) is 3.64. The van der Waals surface area contributed by atoms with Crippen LogP contribution in [0.4, 0.5) is 0 Å². The van der Waals surface area contributed by atoms with Gasteiger partial charge in [0.05, 0.1) is 16.9 Å². The van der Waals surface area contributed by atoms with Crippen molar-refractivity contribution in [2.75, 3.05) is 0 Å². The molecule has 2 N–H and O–H groups in total. The summed E-state index contributed by atoms with van der Waals surface area (Å²) in [7, 11) is 0. The number of aromatic nitrogens is 2. The molecular weight excluding hydrogens is 380 g/mol. The molecule has 0 bridgehead atoms. The Morgan fingerprint density at radius 1 is 0.710 bits per heavy atom. The quantitative estimate of drug-likeness (QED) is 0.309. The minimum absolute atomic E-state index is 0.664. The first kappa shape index (κ1) is 18.1. The molecule has 6 aromatic rings. The number of nitrogens with one attached hydrogen (secondary N) is 1. The lowest BCUT2D eigenvalue weighted by molar-refractivity contribution is 0.0741. The van der Waals surface area contributed by atoms with Gasteiger partial charge < -0.3 is 10.1 Å². The lowest BCUT2D eigenvalue weighted by Gasteiger charge is -2.19. The largest absolute Gasteiger partial charge is 0.384 e. The van der Waals surface area contributed by atoms with Gasteiger partial charge in [0, 0.05) is 21.9 Å². The van der Waals surface area contributed by atoms with Gasteiger partial charge in [-0.05, 0) is 53.6 Å². The van der Waals surface area contributed by atoms with E-state index in [2.05, 4.69) is 71.7 Å². The number of hydrogen-bond acceptors (Lipinski definition) is 2. The van der Waals surface area contributed by atoms with E-state index in [4.69, 9.17) is 4.98 Å². The van der Waals surface area contributed by atoms with Crippen molar-refractivity contribution < 1.29 is 5.11 Å². The molecule has 0 radical (unpaired) electrons. The first-order chi connectivity index (χ1) is 15.0. The molecule has 2 aromatic heterocycles. The molecule has 0 aliphatic rings. The lowest BCUT2D eigenvalue weighted by atomic mass is 9.92. The minimum Gasteiger partial charge on any atom is -0.384 e. The minimum atomic E-state index is -1.05. The van der Waals surface area contributed by atoms with E-state index in [0.29, 0.717) is 5.69 Å². The molecule has 4 aromatic carbocycles. The zero-order valence-electron chi connectivity index (χ0n) is 17.5. The zero-order valence-corrected chi connectivity index (χ0v) is 17.5. The summed E-state index contributed by atoms with van der Waals surface area (Å²) in [5, 5.41) is 17.8. The highest BCUT2D eigenvalue weighted by atomic mass is 16.3. The number of aromatic amines is 1. The number of para-hydroxylation sites is 1. The number of fused-ring (bicyclic) bond motifs is 5. The molecule has 0 amide bonds. The summed E-state index contributed by atoms with van der Waals surface area (Å²) in [6, 6.07) is 29.4. The third-order valence-corrected chi connectivity index (χ3v) is 6.13. The topological polar surface area (TPSA) is 48.9 Å². The summed E-state index contributed by atoms with van der Waals surface area (Å²) in [6.45, 7) is 3.59. The SMILES string of the molecule is CC(C)(O)c1cc2c([nH]c3ccccc32)c(-c2c3ccccc3cc3ccccc23)n1. The summed E-state index contributed by atoms with van der Waals surface area (Å²) < 4.78 is 0. The van der Waals surface area contributed by atoms with Gasteiger partial charge in [-0.25, -0.2) is 4.98 Å². The third-order valence-electron chi connectivity index (χ3n) is 6.13. The number of H-pyrrole nitrogens is 1. The van der Waals surface area contributed by atoms with Crippen molar-refractivity contribution in [3.63, 3.8) is 0 Å². The summed E-state index contributed by atoms with van der Waals surface area (Å²) in [4.78, 5) is 8.67. The van der Waals surface area contributed by atoms with Crippen LogP contribution in [-0.2, 0) is 5.60 Å². The van der Waals surface area contributed by atoms with Crippen LogP contribution in [0.5, 0.6) is 0 Å². The highest BCUT2D eigenvalue weighted by Crippen LogP contribution is 2.41. The van der Waals surface area contributed by atoms with E-state index in [0.717, 1.165) is 43.8 Å². The van der Waals surface area contributed by atoms with Crippen LogP contribution in [-0.4, -0.2) is 15.1 Å². The van der Waals surface area contributed by atoms with Crippen molar-refractivity contribution >= 4 is 43.4 Å². The van der Waals surface area contributed by atoms with Gasteiger partial charge in [0.15, 0.2) is 0 Å². The Bertz CT molecular complexity index is 1570. The Morgan fingerprint density at radius 2 is 1.29 bits per heavy atom. The number of benzene rings is 4. The number of aliphatic hydroxyl groups is 1. The van der Waals surface area contributed by atoms with Crippen LogP contribution in [0.2, 0.25) is 0 Å². The van der Waals surface area contributed by atoms with Gasteiger partial charge in [0.2, 0.25) is 0 Å².